The molecule has 4 nitrogen and oxygen atoms in total. The van der Waals surface area contributed by atoms with Crippen LogP contribution in [0.5, 0.6) is 0 Å². The first-order chi connectivity index (χ1) is 8.67. The third-order valence-corrected chi connectivity index (χ3v) is 6.90. The number of hydrogen-bond donors (Lipinski definition) is 0. The van der Waals surface area contributed by atoms with Gasteiger partial charge in [0.05, 0.1) is 0 Å². The maximum Gasteiger partial charge on any atom is 0.500 e. The number of hydrogen-bond acceptors (Lipinski definition) is 4. The molecule has 18 heavy (non-hydrogen) atoms. The lowest BCUT2D eigenvalue weighted by atomic mass is 10.3. The number of para-hydroxylation sites is 1. The first kappa shape index (κ1) is 15.4. The molecule has 0 aliphatic heterocycles. The van der Waals surface area contributed by atoms with Gasteiger partial charge < -0.3 is 17.8 Å². The molecule has 6 heteroatoms. The zero-order valence-electron chi connectivity index (χ0n) is 11.7. The van der Waals surface area contributed by atoms with E-state index in [4.69, 9.17) is 13.3 Å². The Morgan fingerprint density at radius 1 is 1.06 bits per heavy atom. The summed E-state index contributed by atoms with van der Waals surface area (Å²) in [6.07, 6.45) is 1.01. The molecule has 0 unspecified atom stereocenters. The molecular formula is C12H23NO3Si2. The highest BCUT2D eigenvalue weighted by Crippen LogP contribution is 2.17. The summed E-state index contributed by atoms with van der Waals surface area (Å²) in [7, 11) is 3.60. The second kappa shape index (κ2) is 7.70. The van der Waals surface area contributed by atoms with Crippen molar-refractivity contribution in [1.82, 2.24) is 0 Å². The fourth-order valence-corrected chi connectivity index (χ4v) is 4.22. The Hall–Kier alpha value is -0.666. The lowest BCUT2D eigenvalue weighted by molar-refractivity contribution is 0.123. The SMILES string of the molecule is CO[Si](CCCN([SiH3])c1ccccc1)(OC)OC. The van der Waals surface area contributed by atoms with Gasteiger partial charge in [-0.05, 0) is 18.6 Å². The molecule has 0 saturated heterocycles. The van der Waals surface area contributed by atoms with Crippen LogP contribution in [0, 0.1) is 0 Å². The standard InChI is InChI=1S/C12H23NO3Si2/c1-14-18(15-2,16-3)11-7-10-13(17)12-8-5-4-6-9-12/h4-6,8-9H,7,10-11H2,1-3,17H3. The zero-order valence-corrected chi connectivity index (χ0v) is 14.7. The van der Waals surface area contributed by atoms with Crippen LogP contribution in [0.4, 0.5) is 5.69 Å². The van der Waals surface area contributed by atoms with Gasteiger partial charge in [0.2, 0.25) is 0 Å². The van der Waals surface area contributed by atoms with Crippen molar-refractivity contribution in [3.63, 3.8) is 0 Å². The van der Waals surface area contributed by atoms with Crippen LogP contribution >= 0.6 is 0 Å². The van der Waals surface area contributed by atoms with Crippen LogP contribution in [-0.2, 0) is 13.3 Å². The average molecular weight is 285 g/mol. The predicted molar refractivity (Wildman–Crippen MR) is 79.9 cm³/mol. The molecule has 0 saturated carbocycles. The van der Waals surface area contributed by atoms with E-state index in [2.05, 4.69) is 28.8 Å². The molecule has 0 aliphatic carbocycles. The van der Waals surface area contributed by atoms with Crippen LogP contribution < -0.4 is 4.57 Å². The topological polar surface area (TPSA) is 30.9 Å². The molecule has 0 aromatic heterocycles. The molecule has 1 aromatic rings. The molecule has 0 aliphatic rings. The van der Waals surface area contributed by atoms with Crippen LogP contribution in [0.3, 0.4) is 0 Å². The number of rotatable bonds is 8. The Labute approximate surface area is 114 Å². The minimum atomic E-state index is -2.40. The van der Waals surface area contributed by atoms with E-state index in [1.807, 2.05) is 6.07 Å². The van der Waals surface area contributed by atoms with Gasteiger partial charge >= 0.3 is 8.80 Å². The van der Waals surface area contributed by atoms with E-state index in [-0.39, 0.29) is 0 Å². The summed E-state index contributed by atoms with van der Waals surface area (Å²) in [6.45, 7) is 1.01. The van der Waals surface area contributed by atoms with Crippen LogP contribution in [0.2, 0.25) is 6.04 Å². The summed E-state index contributed by atoms with van der Waals surface area (Å²) in [5.74, 6) is 0. The first-order valence-corrected chi connectivity index (χ1v) is 8.91. The lowest BCUT2D eigenvalue weighted by Crippen LogP contribution is -2.43. The van der Waals surface area contributed by atoms with E-state index in [1.165, 1.54) is 5.69 Å². The van der Waals surface area contributed by atoms with Crippen molar-refractivity contribution < 1.29 is 13.3 Å². The Morgan fingerprint density at radius 2 is 1.61 bits per heavy atom. The third-order valence-electron chi connectivity index (χ3n) is 3.11. The molecule has 0 fully saturated rings. The van der Waals surface area contributed by atoms with Gasteiger partial charge in [-0.3, -0.25) is 0 Å². The van der Waals surface area contributed by atoms with Crippen LogP contribution in [0.25, 0.3) is 0 Å². The van der Waals surface area contributed by atoms with E-state index in [0.717, 1.165) is 29.4 Å². The van der Waals surface area contributed by atoms with Crippen molar-refractivity contribution in [2.24, 2.45) is 0 Å². The molecule has 0 amide bonds. The molecule has 0 N–H and O–H groups in total. The molecular weight excluding hydrogens is 262 g/mol. The van der Waals surface area contributed by atoms with Crippen molar-refractivity contribution in [2.45, 2.75) is 12.5 Å². The Bertz CT molecular complexity index is 325. The van der Waals surface area contributed by atoms with Gasteiger partial charge in [-0.25, -0.2) is 0 Å². The van der Waals surface area contributed by atoms with Crippen LogP contribution in [-0.4, -0.2) is 47.1 Å². The molecule has 102 valence electrons. The second-order valence-electron chi connectivity index (χ2n) is 4.16. The second-order valence-corrected chi connectivity index (χ2v) is 8.33. The maximum absolute atomic E-state index is 5.41. The molecule has 0 radical (unpaired) electrons. The summed E-state index contributed by atoms with van der Waals surface area (Å²) in [5, 5.41) is 0. The smallest absolute Gasteiger partial charge is 0.406 e. The highest BCUT2D eigenvalue weighted by molar-refractivity contribution is 6.60. The Kier molecular flexibility index (Phi) is 6.58. The summed E-state index contributed by atoms with van der Waals surface area (Å²) in [5.41, 5.74) is 1.28. The van der Waals surface area contributed by atoms with Gasteiger partial charge in [0.1, 0.15) is 10.4 Å². The van der Waals surface area contributed by atoms with E-state index < -0.39 is 8.80 Å². The fraction of sp³-hybridized carbons (Fsp3) is 0.500. The van der Waals surface area contributed by atoms with Crippen LogP contribution in [0.1, 0.15) is 6.42 Å². The van der Waals surface area contributed by atoms with Crippen molar-refractivity contribution in [3.05, 3.63) is 30.3 Å². The minimum Gasteiger partial charge on any atom is -0.406 e. The van der Waals surface area contributed by atoms with Crippen molar-refractivity contribution in [3.8, 4) is 0 Å². The van der Waals surface area contributed by atoms with Crippen molar-refractivity contribution in [2.75, 3.05) is 32.4 Å². The van der Waals surface area contributed by atoms with Gasteiger partial charge in [-0.2, -0.15) is 0 Å². The van der Waals surface area contributed by atoms with E-state index in [9.17, 15) is 0 Å². The molecule has 0 bridgehead atoms. The Balaban J connectivity index is 2.42. The fourth-order valence-electron chi connectivity index (χ4n) is 1.90. The highest BCUT2D eigenvalue weighted by atomic mass is 28.4. The van der Waals surface area contributed by atoms with E-state index in [1.54, 1.807) is 21.3 Å². The Morgan fingerprint density at radius 3 is 2.11 bits per heavy atom. The quantitative estimate of drug-likeness (QED) is 0.668. The van der Waals surface area contributed by atoms with Gasteiger partial charge in [-0.1, -0.05) is 18.2 Å². The van der Waals surface area contributed by atoms with Crippen LogP contribution in [0.15, 0.2) is 30.3 Å². The monoisotopic (exact) mass is 285 g/mol. The summed E-state index contributed by atoms with van der Waals surface area (Å²) in [6, 6.07) is 11.3. The number of anilines is 1. The summed E-state index contributed by atoms with van der Waals surface area (Å²) >= 11 is 0. The summed E-state index contributed by atoms with van der Waals surface area (Å²) in [4.78, 5) is 0. The minimum absolute atomic E-state index is 0.849. The van der Waals surface area contributed by atoms with Gasteiger partial charge in [0.25, 0.3) is 0 Å². The lowest BCUT2D eigenvalue weighted by Gasteiger charge is -2.26. The van der Waals surface area contributed by atoms with E-state index >= 15 is 0 Å². The van der Waals surface area contributed by atoms with Crippen molar-refractivity contribution in [1.29, 1.82) is 0 Å². The molecule has 1 aromatic carbocycles. The maximum atomic E-state index is 5.41. The normalized spacial score (nSPS) is 11.7. The summed E-state index contributed by atoms with van der Waals surface area (Å²) < 4.78 is 18.6. The van der Waals surface area contributed by atoms with Gasteiger partial charge in [-0.15, -0.1) is 0 Å². The van der Waals surface area contributed by atoms with E-state index in [0.29, 0.717) is 0 Å². The molecule has 0 atom stereocenters. The average Bonchev–Trinajstić information content (AvgIpc) is 2.45. The number of nitrogens with zero attached hydrogens (tertiary/aromatic N) is 1. The third kappa shape index (κ3) is 4.22. The number of benzene rings is 1. The molecule has 1 rings (SSSR count). The van der Waals surface area contributed by atoms with Gasteiger partial charge in [0.15, 0.2) is 0 Å². The first-order valence-electron chi connectivity index (χ1n) is 6.09. The zero-order chi connectivity index (χ0) is 13.4. The largest absolute Gasteiger partial charge is 0.500 e. The molecule has 0 heterocycles. The van der Waals surface area contributed by atoms with Crippen molar-refractivity contribution >= 4 is 24.9 Å². The highest BCUT2D eigenvalue weighted by Gasteiger charge is 2.36. The van der Waals surface area contributed by atoms with Gasteiger partial charge in [0, 0.05) is 39.6 Å². The molecule has 0 spiro atoms. The predicted octanol–water partition coefficient (Wildman–Crippen LogP) is 1.04.